The molecule has 0 fully saturated rings. The minimum absolute atomic E-state index is 0.0892. The van der Waals surface area contributed by atoms with E-state index in [1.807, 2.05) is 55.5 Å². The van der Waals surface area contributed by atoms with Crippen molar-refractivity contribution in [2.45, 2.75) is 20.0 Å². The van der Waals surface area contributed by atoms with Crippen LogP contribution in [0.4, 0.5) is 0 Å². The van der Waals surface area contributed by atoms with Gasteiger partial charge in [-0.15, -0.1) is 0 Å². The highest BCUT2D eigenvalue weighted by Crippen LogP contribution is 2.20. The van der Waals surface area contributed by atoms with E-state index in [1.54, 1.807) is 29.9 Å². The lowest BCUT2D eigenvalue weighted by molar-refractivity contribution is 0.298. The van der Waals surface area contributed by atoms with Crippen molar-refractivity contribution >= 4 is 34.1 Å². The minimum atomic E-state index is -0.0892. The molecule has 1 N–H and O–H groups in total. The Balaban J connectivity index is 1.76. The van der Waals surface area contributed by atoms with E-state index in [2.05, 4.69) is 11.9 Å². The van der Waals surface area contributed by atoms with Gasteiger partial charge in [0.15, 0.2) is 0 Å². The number of aromatic nitrogens is 1. The summed E-state index contributed by atoms with van der Waals surface area (Å²) in [5.41, 5.74) is 2.15. The fourth-order valence-corrected chi connectivity index (χ4v) is 3.94. The number of benzene rings is 2. The van der Waals surface area contributed by atoms with E-state index in [0.717, 1.165) is 22.2 Å². The quantitative estimate of drug-likeness (QED) is 0.325. The second kappa shape index (κ2) is 12.5. The first kappa shape index (κ1) is 25.6. The number of rotatable bonds is 11. The molecule has 7 heteroatoms. The van der Waals surface area contributed by atoms with Crippen LogP contribution < -0.4 is 20.3 Å². The van der Waals surface area contributed by atoms with Gasteiger partial charge < -0.3 is 19.4 Å². The molecule has 0 saturated carbocycles. The summed E-state index contributed by atoms with van der Waals surface area (Å²) in [5, 5.41) is 5.39. The van der Waals surface area contributed by atoms with Crippen molar-refractivity contribution in [3.8, 4) is 11.5 Å². The molecular weight excluding hydrogens is 471 g/mol. The molecule has 2 aromatic carbocycles. The van der Waals surface area contributed by atoms with E-state index in [0.29, 0.717) is 47.6 Å². The first-order chi connectivity index (χ1) is 16.4. The summed E-state index contributed by atoms with van der Waals surface area (Å²) in [4.78, 5) is 13.3. The van der Waals surface area contributed by atoms with Crippen molar-refractivity contribution in [1.82, 2.24) is 9.88 Å². The van der Waals surface area contributed by atoms with Crippen molar-refractivity contribution < 1.29 is 9.47 Å². The first-order valence-electron chi connectivity index (χ1n) is 10.9. The zero-order chi connectivity index (χ0) is 24.5. The molecule has 0 spiro atoms. The Labute approximate surface area is 209 Å². The number of pyridine rings is 1. The van der Waals surface area contributed by atoms with Gasteiger partial charge in [0, 0.05) is 28.7 Å². The van der Waals surface area contributed by atoms with Gasteiger partial charge >= 0.3 is 0 Å². The lowest BCUT2D eigenvalue weighted by Crippen LogP contribution is -2.29. The van der Waals surface area contributed by atoms with E-state index in [1.165, 1.54) is 0 Å². The number of ether oxygens (including phenoxy) is 2. The third-order valence-corrected chi connectivity index (χ3v) is 5.58. The molecule has 0 aliphatic carbocycles. The van der Waals surface area contributed by atoms with E-state index in [-0.39, 0.29) is 5.56 Å². The normalized spacial score (nSPS) is 11.8. The van der Waals surface area contributed by atoms with Crippen LogP contribution in [-0.2, 0) is 13.1 Å². The van der Waals surface area contributed by atoms with Crippen LogP contribution in [0.2, 0.25) is 5.02 Å². The average Bonchev–Trinajstić information content (AvgIpc) is 2.82. The number of nitrogens with zero attached hydrogens (tertiary/aromatic N) is 1. The molecule has 178 valence electrons. The van der Waals surface area contributed by atoms with E-state index < -0.39 is 0 Å². The molecule has 3 aromatic rings. The second-order valence-electron chi connectivity index (χ2n) is 7.64. The number of halogens is 2. The summed E-state index contributed by atoms with van der Waals surface area (Å²) in [7, 11) is 1.62. The molecule has 0 aliphatic heterocycles. The maximum Gasteiger partial charge on any atom is 0.255 e. The predicted molar refractivity (Wildman–Crippen MR) is 141 cm³/mol. The third-order valence-electron chi connectivity index (χ3n) is 5.11. The van der Waals surface area contributed by atoms with Crippen molar-refractivity contribution in [3.63, 3.8) is 0 Å². The number of allylic oxidation sites excluding steroid dienone is 3. The van der Waals surface area contributed by atoms with Crippen LogP contribution in [-0.4, -0.2) is 24.8 Å². The van der Waals surface area contributed by atoms with Crippen LogP contribution in [0.5, 0.6) is 11.5 Å². The van der Waals surface area contributed by atoms with Gasteiger partial charge in [-0.1, -0.05) is 41.9 Å². The maximum absolute atomic E-state index is 13.3. The highest BCUT2D eigenvalue weighted by molar-refractivity contribution is 6.31. The number of hydrogen-bond donors (Lipinski definition) is 1. The van der Waals surface area contributed by atoms with Crippen LogP contribution in [0, 0.1) is 0 Å². The average molecular weight is 499 g/mol. The fourth-order valence-electron chi connectivity index (χ4n) is 3.49. The van der Waals surface area contributed by atoms with Gasteiger partial charge in [0.2, 0.25) is 0 Å². The van der Waals surface area contributed by atoms with Crippen LogP contribution in [0.3, 0.4) is 0 Å². The fraction of sp³-hybridized carbons (Fsp3) is 0.222. The van der Waals surface area contributed by atoms with E-state index >= 15 is 0 Å². The van der Waals surface area contributed by atoms with Gasteiger partial charge in [0.1, 0.15) is 18.1 Å². The molecule has 0 saturated heterocycles. The number of hydrogen-bond acceptors (Lipinski definition) is 4. The van der Waals surface area contributed by atoms with Crippen molar-refractivity contribution in [1.29, 1.82) is 0 Å². The minimum Gasteiger partial charge on any atom is -0.497 e. The largest absolute Gasteiger partial charge is 0.497 e. The molecule has 0 atom stereocenters. The highest BCUT2D eigenvalue weighted by atomic mass is 35.5. The zero-order valence-electron chi connectivity index (χ0n) is 19.3. The van der Waals surface area contributed by atoms with Crippen LogP contribution in [0.25, 0.3) is 10.9 Å². The Morgan fingerprint density at radius 1 is 1.15 bits per heavy atom. The second-order valence-corrected chi connectivity index (χ2v) is 8.52. The van der Waals surface area contributed by atoms with E-state index in [9.17, 15) is 4.79 Å². The molecule has 1 aromatic heterocycles. The topological polar surface area (TPSA) is 52.5 Å². The molecule has 3 rings (SSSR count). The Morgan fingerprint density at radius 3 is 2.59 bits per heavy atom. The monoisotopic (exact) mass is 498 g/mol. The number of fused-ring (bicyclic) bond motifs is 1. The van der Waals surface area contributed by atoms with Gasteiger partial charge in [0.05, 0.1) is 19.2 Å². The standard InChI is InChI=1S/C27H28Cl2N2O3/c1-4-5-22(28)14-19(2)17-30-18-21-15-20-6-7-23(29)16-26(20)31(27(21)32)12-13-34-25-10-8-24(33-3)9-11-25/h4-11,14-16,30H,2,12-13,17-18H2,1,3H3/b5-4-,22-14+. The molecule has 0 amide bonds. The van der Waals surface area contributed by atoms with Gasteiger partial charge in [-0.3, -0.25) is 4.79 Å². The van der Waals surface area contributed by atoms with Gasteiger partial charge in [-0.25, -0.2) is 0 Å². The predicted octanol–water partition coefficient (Wildman–Crippen LogP) is 6.09. The summed E-state index contributed by atoms with van der Waals surface area (Å²) in [6, 6.07) is 14.8. The highest BCUT2D eigenvalue weighted by Gasteiger charge is 2.10. The number of nitrogens with one attached hydrogen (secondary N) is 1. The molecular formula is C27H28Cl2N2O3. The van der Waals surface area contributed by atoms with Crippen LogP contribution in [0.15, 0.2) is 88.7 Å². The summed E-state index contributed by atoms with van der Waals surface area (Å²) < 4.78 is 12.7. The summed E-state index contributed by atoms with van der Waals surface area (Å²) in [5.74, 6) is 1.46. The zero-order valence-corrected chi connectivity index (χ0v) is 20.8. The Kier molecular flexibility index (Phi) is 9.40. The molecule has 34 heavy (non-hydrogen) atoms. The maximum atomic E-state index is 13.3. The summed E-state index contributed by atoms with van der Waals surface area (Å²) in [6.45, 7) is 7.52. The van der Waals surface area contributed by atoms with Crippen molar-refractivity contribution in [2.75, 3.05) is 20.3 Å². The lowest BCUT2D eigenvalue weighted by Gasteiger charge is -2.15. The van der Waals surface area contributed by atoms with Crippen molar-refractivity contribution in [3.05, 3.63) is 105 Å². The lowest BCUT2D eigenvalue weighted by atomic mass is 10.1. The molecule has 0 unspecified atom stereocenters. The number of methoxy groups -OCH3 is 1. The Morgan fingerprint density at radius 2 is 1.88 bits per heavy atom. The van der Waals surface area contributed by atoms with Gasteiger partial charge in [-0.2, -0.15) is 0 Å². The Bertz CT molecular complexity index is 1260. The molecule has 0 bridgehead atoms. The smallest absolute Gasteiger partial charge is 0.255 e. The van der Waals surface area contributed by atoms with Crippen LogP contribution in [0.1, 0.15) is 12.5 Å². The molecule has 0 aliphatic rings. The summed E-state index contributed by atoms with van der Waals surface area (Å²) in [6.07, 6.45) is 5.46. The van der Waals surface area contributed by atoms with Gasteiger partial charge in [-0.05, 0) is 72.5 Å². The van der Waals surface area contributed by atoms with Crippen molar-refractivity contribution in [2.24, 2.45) is 0 Å². The van der Waals surface area contributed by atoms with Crippen LogP contribution >= 0.6 is 23.2 Å². The third kappa shape index (κ3) is 7.00. The Hall–Kier alpha value is -2.99. The van der Waals surface area contributed by atoms with E-state index in [4.69, 9.17) is 32.7 Å². The first-order valence-corrected chi connectivity index (χ1v) is 11.6. The molecule has 5 nitrogen and oxygen atoms in total. The molecule has 0 radical (unpaired) electrons. The van der Waals surface area contributed by atoms with Gasteiger partial charge in [0.25, 0.3) is 5.56 Å². The summed E-state index contributed by atoms with van der Waals surface area (Å²) >= 11 is 12.3. The molecule has 1 heterocycles. The SMILES string of the molecule is C=C(/C=C(Cl)\C=C/C)CNCc1cc2ccc(Cl)cc2n(CCOc2ccc(OC)cc2)c1=O.